The van der Waals surface area contributed by atoms with Gasteiger partial charge in [0.1, 0.15) is 6.61 Å². The third-order valence-corrected chi connectivity index (χ3v) is 6.01. The summed E-state index contributed by atoms with van der Waals surface area (Å²) in [5, 5.41) is 0.732. The van der Waals surface area contributed by atoms with Gasteiger partial charge < -0.3 is 4.74 Å². The van der Waals surface area contributed by atoms with Crippen LogP contribution in [-0.2, 0) is 9.53 Å². The molecule has 0 aliphatic carbocycles. The summed E-state index contributed by atoms with van der Waals surface area (Å²) in [6.45, 7) is 0.353. The van der Waals surface area contributed by atoms with Crippen LogP contribution in [0.25, 0.3) is 0 Å². The number of carbonyl (C=O) groups excluding carboxylic acids is 1. The van der Waals surface area contributed by atoms with E-state index in [-0.39, 0.29) is 23.8 Å². The summed E-state index contributed by atoms with van der Waals surface area (Å²) >= 11 is 8.15. The molecule has 0 amide bonds. The number of piperidine rings is 1. The number of fused-ring (bicyclic) bond motifs is 2. The summed E-state index contributed by atoms with van der Waals surface area (Å²) in [5.41, 5.74) is 1.20. The van der Waals surface area contributed by atoms with Gasteiger partial charge in [-0.25, -0.2) is 0 Å². The minimum Gasteiger partial charge on any atom is -0.461 e. The fourth-order valence-electron chi connectivity index (χ4n) is 4.10. The Morgan fingerprint density at radius 2 is 2.13 bits per heavy atom. The summed E-state index contributed by atoms with van der Waals surface area (Å²) in [7, 11) is 2.14. The summed E-state index contributed by atoms with van der Waals surface area (Å²) in [5.74, 6) is 0.0521. The van der Waals surface area contributed by atoms with Gasteiger partial charge >= 0.3 is 5.97 Å². The van der Waals surface area contributed by atoms with E-state index in [9.17, 15) is 4.79 Å². The molecular formula is C18H21ClINO2. The molecule has 0 radical (unpaired) electrons. The maximum absolute atomic E-state index is 12.7. The summed E-state index contributed by atoms with van der Waals surface area (Å²) < 4.78 is 7.39. The smallest absolute Gasteiger partial charge is 0.311 e. The van der Waals surface area contributed by atoms with Gasteiger partial charge in [-0.1, -0.05) is 46.3 Å². The molecule has 1 aromatic carbocycles. The van der Waals surface area contributed by atoms with Crippen LogP contribution in [0.2, 0.25) is 5.02 Å². The first-order chi connectivity index (χ1) is 11.1. The first-order valence-electron chi connectivity index (χ1n) is 8.01. The Hall–Kier alpha value is -0.590. The molecule has 1 aromatic rings. The number of hydrogen-bond donors (Lipinski definition) is 0. The van der Waals surface area contributed by atoms with Crippen molar-refractivity contribution in [2.75, 3.05) is 13.7 Å². The van der Waals surface area contributed by atoms with Crippen LogP contribution in [0.15, 0.2) is 34.4 Å². The zero-order chi connectivity index (χ0) is 16.4. The molecule has 0 unspecified atom stereocenters. The first kappa shape index (κ1) is 17.2. The molecule has 0 N–H and O–H groups in total. The maximum atomic E-state index is 12.7. The predicted molar refractivity (Wildman–Crippen MR) is 101 cm³/mol. The van der Waals surface area contributed by atoms with Crippen LogP contribution in [0.5, 0.6) is 0 Å². The molecule has 3 rings (SSSR count). The Labute approximate surface area is 156 Å². The number of hydrogen-bond acceptors (Lipinski definition) is 3. The number of benzene rings is 1. The molecule has 2 saturated heterocycles. The monoisotopic (exact) mass is 445 g/mol. The van der Waals surface area contributed by atoms with Crippen molar-refractivity contribution in [2.45, 2.75) is 37.3 Å². The number of ether oxygens (including phenoxy) is 1. The van der Waals surface area contributed by atoms with Crippen LogP contribution in [0.1, 0.15) is 30.7 Å². The van der Waals surface area contributed by atoms with Gasteiger partial charge in [-0.05, 0) is 54.2 Å². The SMILES string of the molecule is CN1[C@H]2CC[C@@H]1[C@@H](C(=O)OC/C=C\I)[C@@H](c1ccc(Cl)cc1)C2. The second-order valence-corrected chi connectivity index (χ2v) is 7.53. The lowest BCUT2D eigenvalue weighted by Crippen LogP contribution is -2.49. The fraction of sp³-hybridized carbons (Fsp3) is 0.500. The van der Waals surface area contributed by atoms with Crippen LogP contribution in [0, 0.1) is 5.92 Å². The molecule has 3 nitrogen and oxygen atoms in total. The van der Waals surface area contributed by atoms with Crippen LogP contribution in [0.3, 0.4) is 0 Å². The fourth-order valence-corrected chi connectivity index (χ4v) is 4.44. The van der Waals surface area contributed by atoms with Crippen molar-refractivity contribution in [3.05, 3.63) is 45.0 Å². The molecule has 5 heteroatoms. The van der Waals surface area contributed by atoms with E-state index >= 15 is 0 Å². The lowest BCUT2D eigenvalue weighted by Gasteiger charge is -2.41. The van der Waals surface area contributed by atoms with E-state index in [0.29, 0.717) is 12.6 Å². The Morgan fingerprint density at radius 3 is 2.83 bits per heavy atom. The summed E-state index contributed by atoms with van der Waals surface area (Å²) in [6.07, 6.45) is 5.12. The van der Waals surface area contributed by atoms with Crippen LogP contribution < -0.4 is 0 Å². The van der Waals surface area contributed by atoms with Gasteiger partial charge in [0.2, 0.25) is 0 Å². The van der Waals surface area contributed by atoms with Gasteiger partial charge in [0.05, 0.1) is 5.92 Å². The van der Waals surface area contributed by atoms with Crippen molar-refractivity contribution in [3.63, 3.8) is 0 Å². The molecule has 0 saturated carbocycles. The van der Waals surface area contributed by atoms with E-state index < -0.39 is 0 Å². The van der Waals surface area contributed by atoms with E-state index in [0.717, 1.165) is 17.9 Å². The Balaban J connectivity index is 1.86. The molecule has 2 aliphatic heterocycles. The molecular weight excluding hydrogens is 425 g/mol. The minimum absolute atomic E-state index is 0.0725. The lowest BCUT2D eigenvalue weighted by molar-refractivity contribution is -0.152. The van der Waals surface area contributed by atoms with Crippen molar-refractivity contribution < 1.29 is 9.53 Å². The highest BCUT2D eigenvalue weighted by atomic mass is 127. The number of esters is 1. The van der Waals surface area contributed by atoms with Crippen LogP contribution in [0.4, 0.5) is 0 Å². The minimum atomic E-state index is -0.0949. The van der Waals surface area contributed by atoms with Gasteiger partial charge in [0.25, 0.3) is 0 Å². The standard InChI is InChI=1S/C18H21ClINO2/c1-21-14-7-8-16(21)17(18(22)23-10-2-9-20)15(11-14)12-3-5-13(19)6-4-12/h2-6,9,14-17H,7-8,10-11H2,1H3/b9-2-/t14-,15+,16+,17-/m0/s1. The molecule has 2 fully saturated rings. The lowest BCUT2D eigenvalue weighted by atomic mass is 9.76. The number of rotatable bonds is 4. The van der Waals surface area contributed by atoms with Crippen molar-refractivity contribution in [3.8, 4) is 0 Å². The Morgan fingerprint density at radius 1 is 1.39 bits per heavy atom. The molecule has 124 valence electrons. The largest absolute Gasteiger partial charge is 0.461 e. The van der Waals surface area contributed by atoms with Crippen molar-refractivity contribution in [1.29, 1.82) is 0 Å². The quantitative estimate of drug-likeness (QED) is 0.508. The molecule has 0 spiro atoms. The van der Waals surface area contributed by atoms with Gasteiger partial charge in [-0.3, -0.25) is 9.69 Å². The molecule has 2 heterocycles. The highest BCUT2D eigenvalue weighted by molar-refractivity contribution is 14.1. The highest BCUT2D eigenvalue weighted by Crippen LogP contribution is 2.46. The predicted octanol–water partition coefficient (Wildman–Crippen LogP) is 4.40. The average molecular weight is 446 g/mol. The van der Waals surface area contributed by atoms with E-state index in [1.165, 1.54) is 12.0 Å². The van der Waals surface area contributed by atoms with Gasteiger partial charge in [0, 0.05) is 23.0 Å². The van der Waals surface area contributed by atoms with Crippen molar-refractivity contribution >= 4 is 40.2 Å². The average Bonchev–Trinajstić information content (AvgIpc) is 2.78. The second-order valence-electron chi connectivity index (χ2n) is 6.38. The zero-order valence-corrected chi connectivity index (χ0v) is 16.0. The van der Waals surface area contributed by atoms with Crippen LogP contribution >= 0.6 is 34.2 Å². The highest BCUT2D eigenvalue weighted by Gasteiger charge is 2.49. The molecule has 4 atom stereocenters. The second kappa shape index (κ2) is 7.53. The topological polar surface area (TPSA) is 29.5 Å². The van der Waals surface area contributed by atoms with Gasteiger partial charge in [0.15, 0.2) is 0 Å². The van der Waals surface area contributed by atoms with E-state index in [4.69, 9.17) is 16.3 Å². The third kappa shape index (κ3) is 3.59. The van der Waals surface area contributed by atoms with Gasteiger partial charge in [-0.15, -0.1) is 0 Å². The van der Waals surface area contributed by atoms with Crippen LogP contribution in [-0.4, -0.2) is 36.6 Å². The van der Waals surface area contributed by atoms with Crippen molar-refractivity contribution in [2.24, 2.45) is 5.92 Å². The number of halogens is 2. The molecule has 0 aromatic heterocycles. The first-order valence-corrected chi connectivity index (χ1v) is 9.63. The molecule has 2 aliphatic rings. The Kier molecular flexibility index (Phi) is 5.65. The van der Waals surface area contributed by atoms with E-state index in [1.807, 2.05) is 22.3 Å². The van der Waals surface area contributed by atoms with Crippen molar-refractivity contribution in [1.82, 2.24) is 4.90 Å². The number of nitrogens with zero attached hydrogens (tertiary/aromatic N) is 1. The summed E-state index contributed by atoms with van der Waals surface area (Å²) in [4.78, 5) is 15.1. The third-order valence-electron chi connectivity index (χ3n) is 5.25. The van der Waals surface area contributed by atoms with Gasteiger partial charge in [-0.2, -0.15) is 0 Å². The zero-order valence-electron chi connectivity index (χ0n) is 13.1. The molecule has 2 bridgehead atoms. The van der Waals surface area contributed by atoms with E-state index in [1.54, 1.807) is 0 Å². The summed E-state index contributed by atoms with van der Waals surface area (Å²) in [6, 6.07) is 8.80. The molecule has 23 heavy (non-hydrogen) atoms. The normalized spacial score (nSPS) is 30.7. The maximum Gasteiger partial charge on any atom is 0.311 e. The number of carbonyl (C=O) groups is 1. The van der Waals surface area contributed by atoms with E-state index in [2.05, 4.69) is 46.7 Å². The Bertz CT molecular complexity index is 589.